The van der Waals surface area contributed by atoms with Crippen molar-refractivity contribution in [3.8, 4) is 0 Å². The third-order valence-corrected chi connectivity index (χ3v) is 6.58. The van der Waals surface area contributed by atoms with Gasteiger partial charge >= 0.3 is 5.97 Å². The molecule has 2 heterocycles. The number of rotatable bonds is 6. The lowest BCUT2D eigenvalue weighted by Crippen LogP contribution is -2.33. The van der Waals surface area contributed by atoms with Crippen LogP contribution in [-0.2, 0) is 14.3 Å². The molecular weight excluding hydrogens is 432 g/mol. The van der Waals surface area contributed by atoms with Crippen LogP contribution in [0.2, 0.25) is 0 Å². The van der Waals surface area contributed by atoms with Gasteiger partial charge in [-0.25, -0.2) is 4.79 Å². The third-order valence-electron chi connectivity index (χ3n) is 5.64. The molecular formula is C23H35BrN2O3. The van der Waals surface area contributed by atoms with Gasteiger partial charge in [0.05, 0.1) is 27.6 Å². The van der Waals surface area contributed by atoms with Crippen molar-refractivity contribution in [3.05, 3.63) is 21.4 Å². The molecule has 1 aromatic rings. The van der Waals surface area contributed by atoms with E-state index >= 15 is 0 Å². The maximum Gasteiger partial charge on any atom is 0.340 e. The molecule has 0 amide bonds. The molecule has 1 aromatic heterocycles. The van der Waals surface area contributed by atoms with E-state index in [0.717, 1.165) is 52.0 Å². The fourth-order valence-electron chi connectivity index (χ4n) is 4.26. The molecule has 29 heavy (non-hydrogen) atoms. The molecule has 5 nitrogen and oxygen atoms in total. The van der Waals surface area contributed by atoms with Crippen molar-refractivity contribution in [3.63, 3.8) is 0 Å². The lowest BCUT2D eigenvalue weighted by molar-refractivity contribution is -0.171. The Bertz CT molecular complexity index is 768. The third kappa shape index (κ3) is 5.32. The van der Waals surface area contributed by atoms with Gasteiger partial charge in [-0.1, -0.05) is 0 Å². The Morgan fingerprint density at radius 2 is 1.79 bits per heavy atom. The maximum absolute atomic E-state index is 13.1. The van der Waals surface area contributed by atoms with Crippen LogP contribution in [0.25, 0.3) is 0 Å². The van der Waals surface area contributed by atoms with Gasteiger partial charge in [-0.15, -0.1) is 0 Å². The van der Waals surface area contributed by atoms with E-state index in [2.05, 4.69) is 20.8 Å². The minimum absolute atomic E-state index is 0.204. The average Bonchev–Trinajstić information content (AvgIpc) is 3.32. The van der Waals surface area contributed by atoms with Gasteiger partial charge in [0.1, 0.15) is 0 Å². The van der Waals surface area contributed by atoms with Crippen LogP contribution in [-0.4, -0.2) is 35.7 Å². The first-order valence-corrected chi connectivity index (χ1v) is 11.6. The highest BCUT2D eigenvalue weighted by atomic mass is 79.9. The molecule has 0 radical (unpaired) electrons. The van der Waals surface area contributed by atoms with Crippen molar-refractivity contribution in [1.29, 1.82) is 0 Å². The summed E-state index contributed by atoms with van der Waals surface area (Å²) in [6.07, 6.45) is 2.91. The average molecular weight is 467 g/mol. The summed E-state index contributed by atoms with van der Waals surface area (Å²) in [5, 5.41) is 0. The summed E-state index contributed by atoms with van der Waals surface area (Å²) >= 11 is 3.78. The van der Waals surface area contributed by atoms with Crippen LogP contribution in [0.3, 0.4) is 0 Å². The second-order valence-corrected chi connectivity index (χ2v) is 10.6. The molecule has 2 unspecified atom stereocenters. The lowest BCUT2D eigenvalue weighted by atomic mass is 10.0. The molecule has 0 N–H and O–H groups in total. The normalized spacial score (nSPS) is 21.0. The van der Waals surface area contributed by atoms with Crippen LogP contribution < -0.4 is 4.90 Å². The van der Waals surface area contributed by atoms with Crippen LogP contribution >= 0.6 is 15.9 Å². The topological polar surface area (TPSA) is 51.7 Å². The summed E-state index contributed by atoms with van der Waals surface area (Å²) in [7, 11) is 0. The number of esters is 1. The van der Waals surface area contributed by atoms with Gasteiger partial charge in [0.2, 0.25) is 0 Å². The number of anilines is 1. The SMILES string of the molecule is Cc1nc(C)c(C(OC(C)(C)C)C(=O)OC(C)C)c(N2CCC(C3CC3)C2)c1Br. The van der Waals surface area contributed by atoms with E-state index in [4.69, 9.17) is 14.5 Å². The Morgan fingerprint density at radius 1 is 1.14 bits per heavy atom. The van der Waals surface area contributed by atoms with Gasteiger partial charge in [-0.05, 0) is 95.5 Å². The van der Waals surface area contributed by atoms with Gasteiger partial charge in [-0.3, -0.25) is 4.98 Å². The number of carbonyl (C=O) groups is 1. The van der Waals surface area contributed by atoms with Crippen LogP contribution in [0, 0.1) is 25.7 Å². The summed E-state index contributed by atoms with van der Waals surface area (Å²) in [5.74, 6) is 1.27. The van der Waals surface area contributed by atoms with E-state index in [0.29, 0.717) is 0 Å². The number of hydrogen-bond donors (Lipinski definition) is 0. The largest absolute Gasteiger partial charge is 0.461 e. The Labute approximate surface area is 183 Å². The smallest absolute Gasteiger partial charge is 0.340 e. The molecule has 2 aliphatic rings. The number of ether oxygens (including phenoxy) is 2. The molecule has 2 atom stereocenters. The minimum Gasteiger partial charge on any atom is -0.461 e. The van der Waals surface area contributed by atoms with E-state index < -0.39 is 11.7 Å². The second kappa shape index (κ2) is 8.54. The molecule has 0 bridgehead atoms. The Hall–Kier alpha value is -1.14. The predicted octanol–water partition coefficient (Wildman–Crippen LogP) is 5.51. The lowest BCUT2D eigenvalue weighted by Gasteiger charge is -2.32. The van der Waals surface area contributed by atoms with Crippen LogP contribution in [0.4, 0.5) is 5.69 Å². The van der Waals surface area contributed by atoms with Crippen molar-refractivity contribution >= 4 is 27.6 Å². The first kappa shape index (κ1) is 22.5. The summed E-state index contributed by atoms with van der Waals surface area (Å²) < 4.78 is 12.8. The number of aromatic nitrogens is 1. The number of carbonyl (C=O) groups excluding carboxylic acids is 1. The standard InChI is InChI=1S/C23H35BrN2O3/c1-13(2)28-22(27)21(29-23(5,6)7)18-14(3)25-15(4)19(24)20(18)26-11-10-17(12-26)16-8-9-16/h13,16-17,21H,8-12H2,1-7H3. The summed E-state index contributed by atoms with van der Waals surface area (Å²) in [6, 6.07) is 0. The minimum atomic E-state index is -0.809. The number of nitrogens with zero attached hydrogens (tertiary/aromatic N) is 2. The zero-order chi connectivity index (χ0) is 21.5. The summed E-state index contributed by atoms with van der Waals surface area (Å²) in [6.45, 7) is 15.6. The number of hydrogen-bond acceptors (Lipinski definition) is 5. The first-order chi connectivity index (χ1) is 13.5. The van der Waals surface area contributed by atoms with Gasteiger partial charge in [0.25, 0.3) is 0 Å². The fraction of sp³-hybridized carbons (Fsp3) is 0.739. The molecule has 1 aliphatic carbocycles. The van der Waals surface area contributed by atoms with Crippen molar-refractivity contribution in [2.45, 2.75) is 85.5 Å². The molecule has 3 rings (SSSR count). The van der Waals surface area contributed by atoms with Crippen molar-refractivity contribution < 1.29 is 14.3 Å². The molecule has 6 heteroatoms. The van der Waals surface area contributed by atoms with Gasteiger partial charge in [0, 0.05) is 24.3 Å². The van der Waals surface area contributed by atoms with Crippen molar-refractivity contribution in [1.82, 2.24) is 4.98 Å². The quantitative estimate of drug-likeness (QED) is 0.517. The van der Waals surface area contributed by atoms with Gasteiger partial charge in [0.15, 0.2) is 6.10 Å². The molecule has 1 saturated carbocycles. The van der Waals surface area contributed by atoms with Gasteiger partial charge < -0.3 is 14.4 Å². The Balaban J connectivity index is 2.06. The predicted molar refractivity (Wildman–Crippen MR) is 119 cm³/mol. The van der Waals surface area contributed by atoms with Crippen molar-refractivity contribution in [2.24, 2.45) is 11.8 Å². The van der Waals surface area contributed by atoms with E-state index in [-0.39, 0.29) is 12.1 Å². The number of halogens is 1. The van der Waals surface area contributed by atoms with Gasteiger partial charge in [-0.2, -0.15) is 0 Å². The first-order valence-electron chi connectivity index (χ1n) is 10.8. The molecule has 162 valence electrons. The molecule has 2 fully saturated rings. The van der Waals surface area contributed by atoms with Crippen LogP contribution in [0.5, 0.6) is 0 Å². The van der Waals surface area contributed by atoms with E-state index in [1.807, 2.05) is 48.5 Å². The van der Waals surface area contributed by atoms with E-state index in [1.54, 1.807) is 0 Å². The zero-order valence-electron chi connectivity index (χ0n) is 18.8. The van der Waals surface area contributed by atoms with E-state index in [9.17, 15) is 4.79 Å². The molecule has 1 aliphatic heterocycles. The van der Waals surface area contributed by atoms with Crippen LogP contribution in [0.15, 0.2) is 4.47 Å². The molecule has 0 aromatic carbocycles. The van der Waals surface area contributed by atoms with E-state index in [1.165, 1.54) is 19.3 Å². The van der Waals surface area contributed by atoms with Crippen LogP contribution in [0.1, 0.15) is 76.9 Å². The second-order valence-electron chi connectivity index (χ2n) is 9.79. The number of pyridine rings is 1. The summed E-state index contributed by atoms with van der Waals surface area (Å²) in [4.78, 5) is 20.3. The monoisotopic (exact) mass is 466 g/mol. The molecule has 1 saturated heterocycles. The highest BCUT2D eigenvalue weighted by molar-refractivity contribution is 9.10. The zero-order valence-corrected chi connectivity index (χ0v) is 20.4. The fourth-order valence-corrected chi connectivity index (χ4v) is 4.81. The summed E-state index contributed by atoms with van der Waals surface area (Å²) in [5.41, 5.74) is 3.14. The highest BCUT2D eigenvalue weighted by Crippen LogP contribution is 2.46. The highest BCUT2D eigenvalue weighted by Gasteiger charge is 2.40. The van der Waals surface area contributed by atoms with Crippen molar-refractivity contribution in [2.75, 3.05) is 18.0 Å². The molecule has 0 spiro atoms. The number of aryl methyl sites for hydroxylation is 2. The maximum atomic E-state index is 13.1. The Kier molecular flexibility index (Phi) is 6.64. The Morgan fingerprint density at radius 3 is 2.34 bits per heavy atom.